The fraction of sp³-hybridized carbons (Fsp3) is 0.417. The summed E-state index contributed by atoms with van der Waals surface area (Å²) < 4.78 is 12.5. The Morgan fingerprint density at radius 2 is 1.87 bits per heavy atom. The molecule has 3 heterocycles. The Bertz CT molecular complexity index is 965. The molecule has 2 aromatic rings. The third-order valence-corrected chi connectivity index (χ3v) is 6.84. The molecule has 0 radical (unpaired) electrons. The van der Waals surface area contributed by atoms with Crippen molar-refractivity contribution in [2.24, 2.45) is 0 Å². The van der Waals surface area contributed by atoms with E-state index in [9.17, 15) is 0 Å². The predicted molar refractivity (Wildman–Crippen MR) is 119 cm³/mol. The number of nitrogens with one attached hydrogen (secondary N) is 1. The Kier molecular flexibility index (Phi) is 4.92. The largest absolute Gasteiger partial charge is 0.493 e. The average Bonchev–Trinajstić information content (AvgIpc) is 3.21. The van der Waals surface area contributed by atoms with E-state index >= 15 is 0 Å². The molecule has 1 atom stereocenters. The van der Waals surface area contributed by atoms with Crippen molar-refractivity contribution >= 4 is 17.3 Å². The molecule has 1 fully saturated rings. The highest BCUT2D eigenvalue weighted by molar-refractivity contribution is 6.30. The van der Waals surface area contributed by atoms with Crippen molar-refractivity contribution in [1.29, 1.82) is 0 Å². The maximum absolute atomic E-state index is 6.79. The van der Waals surface area contributed by atoms with Crippen LogP contribution in [0.15, 0.2) is 48.5 Å². The van der Waals surface area contributed by atoms with E-state index < -0.39 is 5.72 Å². The van der Waals surface area contributed by atoms with Crippen LogP contribution in [0.25, 0.3) is 5.70 Å². The zero-order valence-corrected chi connectivity index (χ0v) is 18.4. The molecule has 30 heavy (non-hydrogen) atoms. The number of benzene rings is 2. The van der Waals surface area contributed by atoms with Crippen LogP contribution in [0.2, 0.25) is 5.02 Å². The number of hydrogen-bond donors (Lipinski definition) is 1. The minimum Gasteiger partial charge on any atom is -0.493 e. The quantitative estimate of drug-likeness (QED) is 0.761. The van der Waals surface area contributed by atoms with Crippen molar-refractivity contribution in [3.05, 3.63) is 64.7 Å². The predicted octanol–water partition coefficient (Wildman–Crippen LogP) is 4.84. The molecule has 0 amide bonds. The molecule has 0 unspecified atom stereocenters. The van der Waals surface area contributed by atoms with Gasteiger partial charge < -0.3 is 19.8 Å². The smallest absolute Gasteiger partial charge is 0.183 e. The number of methoxy groups -OCH3 is 1. The molecule has 158 valence electrons. The summed E-state index contributed by atoms with van der Waals surface area (Å²) in [6.07, 6.45) is 4.14. The van der Waals surface area contributed by atoms with Gasteiger partial charge in [-0.15, -0.1) is 0 Å². The Morgan fingerprint density at radius 1 is 1.13 bits per heavy atom. The van der Waals surface area contributed by atoms with E-state index in [1.165, 1.54) is 0 Å². The van der Waals surface area contributed by atoms with Crippen molar-refractivity contribution in [3.63, 3.8) is 0 Å². The van der Waals surface area contributed by atoms with Crippen molar-refractivity contribution in [1.82, 2.24) is 15.3 Å². The minimum absolute atomic E-state index is 0.0835. The van der Waals surface area contributed by atoms with Crippen LogP contribution in [0.3, 0.4) is 0 Å². The fourth-order valence-corrected chi connectivity index (χ4v) is 4.98. The van der Waals surface area contributed by atoms with Crippen LogP contribution in [0.1, 0.15) is 43.9 Å². The normalized spacial score (nSPS) is 22.8. The lowest BCUT2D eigenvalue weighted by atomic mass is 9.92. The number of hydrogen-bond acceptors (Lipinski definition) is 5. The maximum atomic E-state index is 6.79. The highest BCUT2D eigenvalue weighted by Crippen LogP contribution is 2.51. The highest BCUT2D eigenvalue weighted by Gasteiger charge is 2.52. The number of hydrazine groups is 1. The first kappa shape index (κ1) is 19.7. The lowest BCUT2D eigenvalue weighted by Gasteiger charge is -2.52. The van der Waals surface area contributed by atoms with Gasteiger partial charge in [0.05, 0.1) is 18.8 Å². The van der Waals surface area contributed by atoms with Crippen LogP contribution in [0, 0.1) is 0 Å². The summed E-state index contributed by atoms with van der Waals surface area (Å²) in [4.78, 5) is 2.52. The average molecular weight is 426 g/mol. The summed E-state index contributed by atoms with van der Waals surface area (Å²) in [6, 6.07) is 14.8. The number of para-hydroxylation sites is 1. The molecule has 5 nitrogen and oxygen atoms in total. The standard InChI is InChI=1S/C24H28ClN3O2/c1-16(2)27-13-11-24(12-14-27)28-21(19-5-4-6-22(29-3)23(19)30-24)15-20(26-28)17-7-9-18(25)10-8-17/h4-10,15-16,21,26H,11-14H2,1-3H3/t21-/m0/s1. The summed E-state index contributed by atoms with van der Waals surface area (Å²) in [5.74, 6) is 1.67. The van der Waals surface area contributed by atoms with Gasteiger partial charge in [0, 0.05) is 42.6 Å². The van der Waals surface area contributed by atoms with Crippen molar-refractivity contribution in [2.75, 3.05) is 20.2 Å². The number of nitrogens with zero attached hydrogens (tertiary/aromatic N) is 2. The van der Waals surface area contributed by atoms with E-state index in [-0.39, 0.29) is 6.04 Å². The number of likely N-dealkylation sites (tertiary alicyclic amines) is 1. The van der Waals surface area contributed by atoms with Crippen molar-refractivity contribution in [3.8, 4) is 11.5 Å². The van der Waals surface area contributed by atoms with E-state index in [2.05, 4.69) is 53.5 Å². The van der Waals surface area contributed by atoms with Gasteiger partial charge in [-0.2, -0.15) is 5.01 Å². The SMILES string of the molecule is COc1cccc2c1OC1(CCN(C(C)C)CC1)N1NC(c3ccc(Cl)cc3)=C[C@@H]21. The second-order valence-electron chi connectivity index (χ2n) is 8.57. The molecule has 0 bridgehead atoms. The lowest BCUT2D eigenvalue weighted by Crippen LogP contribution is -2.64. The number of ether oxygens (including phenoxy) is 2. The van der Waals surface area contributed by atoms with Crippen molar-refractivity contribution < 1.29 is 9.47 Å². The summed E-state index contributed by atoms with van der Waals surface area (Å²) >= 11 is 6.11. The molecule has 3 aliphatic heterocycles. The monoisotopic (exact) mass is 425 g/mol. The molecule has 3 aliphatic rings. The zero-order valence-electron chi connectivity index (χ0n) is 17.7. The molecule has 0 aromatic heterocycles. The van der Waals surface area contributed by atoms with Crippen LogP contribution in [0.5, 0.6) is 11.5 Å². The first-order valence-corrected chi connectivity index (χ1v) is 11.0. The Hall–Kier alpha value is -2.21. The lowest BCUT2D eigenvalue weighted by molar-refractivity contribution is -0.162. The third kappa shape index (κ3) is 3.16. The second kappa shape index (κ2) is 7.49. The molecule has 6 heteroatoms. The van der Waals surface area contributed by atoms with Gasteiger partial charge in [-0.1, -0.05) is 35.9 Å². The Morgan fingerprint density at radius 3 is 2.53 bits per heavy atom. The van der Waals surface area contributed by atoms with E-state index in [0.29, 0.717) is 6.04 Å². The molecule has 0 aliphatic carbocycles. The maximum Gasteiger partial charge on any atom is 0.183 e. The van der Waals surface area contributed by atoms with Crippen LogP contribution in [-0.2, 0) is 0 Å². The molecular weight excluding hydrogens is 398 g/mol. The summed E-state index contributed by atoms with van der Waals surface area (Å²) in [7, 11) is 1.71. The molecule has 1 N–H and O–H groups in total. The minimum atomic E-state index is -0.414. The fourth-order valence-electron chi connectivity index (χ4n) is 4.85. The van der Waals surface area contributed by atoms with Gasteiger partial charge in [0.1, 0.15) is 0 Å². The van der Waals surface area contributed by atoms with Gasteiger partial charge in [0.2, 0.25) is 0 Å². The first-order chi connectivity index (χ1) is 14.5. The Balaban J connectivity index is 1.55. The molecule has 1 spiro atoms. The van der Waals surface area contributed by atoms with E-state index in [0.717, 1.165) is 59.3 Å². The number of halogens is 1. The molecule has 2 aromatic carbocycles. The van der Waals surface area contributed by atoms with Crippen LogP contribution in [0.4, 0.5) is 0 Å². The second-order valence-corrected chi connectivity index (χ2v) is 9.01. The number of fused-ring (bicyclic) bond motifs is 4. The van der Waals surface area contributed by atoms with Crippen molar-refractivity contribution in [2.45, 2.75) is 44.5 Å². The Labute approximate surface area is 183 Å². The first-order valence-electron chi connectivity index (χ1n) is 10.6. The topological polar surface area (TPSA) is 37.0 Å². The van der Waals surface area contributed by atoms with E-state index in [1.807, 2.05) is 24.3 Å². The number of piperidine rings is 1. The van der Waals surface area contributed by atoms with Gasteiger partial charge in [-0.25, -0.2) is 0 Å². The zero-order chi connectivity index (χ0) is 20.9. The van der Waals surface area contributed by atoms with Gasteiger partial charge in [0.15, 0.2) is 17.2 Å². The van der Waals surface area contributed by atoms with Crippen LogP contribution >= 0.6 is 11.6 Å². The molecule has 0 saturated carbocycles. The molecule has 1 saturated heterocycles. The summed E-state index contributed by atoms with van der Waals surface area (Å²) in [6.45, 7) is 6.52. The highest BCUT2D eigenvalue weighted by atomic mass is 35.5. The van der Waals surface area contributed by atoms with Crippen LogP contribution in [-0.4, -0.2) is 41.9 Å². The van der Waals surface area contributed by atoms with E-state index in [4.69, 9.17) is 21.1 Å². The summed E-state index contributed by atoms with van der Waals surface area (Å²) in [5.41, 5.74) is 6.60. The molecular formula is C24H28ClN3O2. The molecule has 5 rings (SSSR count). The van der Waals surface area contributed by atoms with Crippen LogP contribution < -0.4 is 14.9 Å². The van der Waals surface area contributed by atoms with Gasteiger partial charge in [0.25, 0.3) is 0 Å². The summed E-state index contributed by atoms with van der Waals surface area (Å²) in [5, 5.41) is 3.06. The van der Waals surface area contributed by atoms with Gasteiger partial charge in [-0.3, -0.25) is 0 Å². The van der Waals surface area contributed by atoms with E-state index in [1.54, 1.807) is 7.11 Å². The van der Waals surface area contributed by atoms with Gasteiger partial charge >= 0.3 is 0 Å². The van der Waals surface area contributed by atoms with Gasteiger partial charge in [-0.05, 0) is 43.7 Å². The third-order valence-electron chi connectivity index (χ3n) is 6.59. The number of rotatable bonds is 3.